The van der Waals surface area contributed by atoms with Crippen molar-refractivity contribution in [1.82, 2.24) is 5.32 Å². The lowest BCUT2D eigenvalue weighted by atomic mass is 9.66. The molecule has 0 aromatic heterocycles. The molecular weight excluding hydrogens is 356 g/mol. The molecule has 0 bridgehead atoms. The number of allylic oxidation sites excluding steroid dienone is 2. The van der Waals surface area contributed by atoms with Crippen molar-refractivity contribution in [2.24, 2.45) is 23.7 Å². The molecule has 2 nitrogen and oxygen atoms in total. The first kappa shape index (κ1) is 27.5. The number of hydrogen-bond donors (Lipinski definition) is 2. The second-order valence-corrected chi connectivity index (χ2v) is 8.55. The van der Waals surface area contributed by atoms with Crippen LogP contribution in [0.4, 0.5) is 8.78 Å². The molecule has 6 atom stereocenters. The number of aliphatic hydroxyl groups excluding tert-OH is 1. The van der Waals surface area contributed by atoms with Crippen molar-refractivity contribution in [3.05, 3.63) is 11.9 Å². The van der Waals surface area contributed by atoms with Crippen molar-refractivity contribution >= 4 is 0 Å². The van der Waals surface area contributed by atoms with E-state index in [0.717, 1.165) is 25.8 Å². The Bertz CT molecular complexity index is 398. The van der Waals surface area contributed by atoms with E-state index in [9.17, 15) is 13.9 Å². The molecule has 0 spiro atoms. The highest BCUT2D eigenvalue weighted by atomic mass is 19.1. The first-order valence-electron chi connectivity index (χ1n) is 11.7. The molecule has 0 aromatic rings. The summed E-state index contributed by atoms with van der Waals surface area (Å²) < 4.78 is 26.3. The normalized spacial score (nSPS) is 27.7. The second kappa shape index (κ2) is 16.3. The fraction of sp³-hybridized carbons (Fsp3) is 0.917. The molecule has 0 heterocycles. The third-order valence-electron chi connectivity index (χ3n) is 6.00. The van der Waals surface area contributed by atoms with Crippen molar-refractivity contribution < 1.29 is 13.9 Å². The Labute approximate surface area is 173 Å². The topological polar surface area (TPSA) is 32.3 Å². The third-order valence-corrected chi connectivity index (χ3v) is 6.00. The zero-order valence-corrected chi connectivity index (χ0v) is 19.3. The summed E-state index contributed by atoms with van der Waals surface area (Å²) in [6, 6.07) is 0. The van der Waals surface area contributed by atoms with Crippen LogP contribution in [0.5, 0.6) is 0 Å². The molecule has 0 saturated heterocycles. The van der Waals surface area contributed by atoms with Gasteiger partial charge in [0.05, 0.1) is 11.9 Å². The molecular formula is C24H47F2NO. The second-order valence-electron chi connectivity index (χ2n) is 8.55. The minimum absolute atomic E-state index is 0.187. The smallest absolute Gasteiger partial charge is 0.113 e. The van der Waals surface area contributed by atoms with E-state index in [4.69, 9.17) is 0 Å². The SMILES string of the molecule is CC.CCCC(C)C1CC(C)CC(O)C1CCCNCC(F)CC/C=C(\C)F. The van der Waals surface area contributed by atoms with Gasteiger partial charge in [0.1, 0.15) is 6.17 Å². The van der Waals surface area contributed by atoms with Gasteiger partial charge in [-0.1, -0.05) is 53.5 Å². The van der Waals surface area contributed by atoms with Gasteiger partial charge >= 0.3 is 0 Å². The monoisotopic (exact) mass is 403 g/mol. The molecule has 1 aliphatic carbocycles. The van der Waals surface area contributed by atoms with Gasteiger partial charge in [0.15, 0.2) is 0 Å². The maximum absolute atomic E-state index is 13.7. The van der Waals surface area contributed by atoms with E-state index in [1.165, 1.54) is 32.3 Å². The van der Waals surface area contributed by atoms with E-state index in [1.54, 1.807) is 0 Å². The highest BCUT2D eigenvalue weighted by Crippen LogP contribution is 2.41. The first-order chi connectivity index (χ1) is 13.3. The van der Waals surface area contributed by atoms with Gasteiger partial charge in [-0.05, 0) is 75.7 Å². The molecule has 4 heteroatoms. The number of halogens is 2. The van der Waals surface area contributed by atoms with E-state index in [2.05, 4.69) is 26.1 Å². The minimum atomic E-state index is -0.927. The summed E-state index contributed by atoms with van der Waals surface area (Å²) in [6.07, 6.45) is 7.71. The largest absolute Gasteiger partial charge is 0.393 e. The van der Waals surface area contributed by atoms with Crippen LogP contribution in [-0.2, 0) is 0 Å². The summed E-state index contributed by atoms with van der Waals surface area (Å²) in [4.78, 5) is 0. The highest BCUT2D eigenvalue weighted by Gasteiger charge is 2.37. The average molecular weight is 404 g/mol. The summed E-state index contributed by atoms with van der Waals surface area (Å²) in [5.74, 6) is 2.03. The Hall–Kier alpha value is -0.480. The Morgan fingerprint density at radius 1 is 1.25 bits per heavy atom. The lowest BCUT2D eigenvalue weighted by Gasteiger charge is -2.42. The summed E-state index contributed by atoms with van der Waals surface area (Å²) >= 11 is 0. The predicted octanol–water partition coefficient (Wildman–Crippen LogP) is 6.83. The van der Waals surface area contributed by atoms with E-state index in [1.807, 2.05) is 13.8 Å². The van der Waals surface area contributed by atoms with Gasteiger partial charge in [-0.15, -0.1) is 0 Å². The molecule has 0 aliphatic heterocycles. The van der Waals surface area contributed by atoms with E-state index in [0.29, 0.717) is 43.1 Å². The van der Waals surface area contributed by atoms with Crippen LogP contribution in [0.15, 0.2) is 11.9 Å². The Morgan fingerprint density at radius 3 is 2.54 bits per heavy atom. The highest BCUT2D eigenvalue weighted by molar-refractivity contribution is 4.88. The number of aliphatic hydroxyl groups is 1. The molecule has 0 aromatic carbocycles. The van der Waals surface area contributed by atoms with Crippen molar-refractivity contribution in [3.8, 4) is 0 Å². The maximum atomic E-state index is 13.7. The van der Waals surface area contributed by atoms with E-state index < -0.39 is 6.17 Å². The lowest BCUT2D eigenvalue weighted by Crippen LogP contribution is -2.39. The number of hydrogen-bond acceptors (Lipinski definition) is 2. The Kier molecular flexibility index (Phi) is 16.1. The predicted molar refractivity (Wildman–Crippen MR) is 118 cm³/mol. The van der Waals surface area contributed by atoms with Crippen LogP contribution < -0.4 is 5.32 Å². The number of rotatable bonds is 12. The molecule has 1 rings (SSSR count). The molecule has 6 unspecified atom stereocenters. The van der Waals surface area contributed by atoms with Crippen molar-refractivity contribution in [3.63, 3.8) is 0 Å². The first-order valence-corrected chi connectivity index (χ1v) is 11.7. The van der Waals surface area contributed by atoms with Gasteiger partial charge < -0.3 is 10.4 Å². The molecule has 2 N–H and O–H groups in total. The van der Waals surface area contributed by atoms with Crippen LogP contribution in [0.1, 0.15) is 92.9 Å². The van der Waals surface area contributed by atoms with Crippen molar-refractivity contribution in [2.75, 3.05) is 13.1 Å². The summed E-state index contributed by atoms with van der Waals surface area (Å²) in [5, 5.41) is 13.8. The molecule has 1 aliphatic rings. The van der Waals surface area contributed by atoms with Gasteiger partial charge in [0.25, 0.3) is 0 Å². The minimum Gasteiger partial charge on any atom is -0.393 e. The van der Waals surface area contributed by atoms with Crippen LogP contribution in [0.3, 0.4) is 0 Å². The van der Waals surface area contributed by atoms with Crippen LogP contribution in [-0.4, -0.2) is 30.5 Å². The van der Waals surface area contributed by atoms with Crippen molar-refractivity contribution in [2.45, 2.75) is 105 Å². The van der Waals surface area contributed by atoms with Gasteiger partial charge in [-0.3, -0.25) is 0 Å². The average Bonchev–Trinajstić information content (AvgIpc) is 2.64. The number of alkyl halides is 1. The van der Waals surface area contributed by atoms with E-state index >= 15 is 0 Å². The van der Waals surface area contributed by atoms with Gasteiger partial charge in [0, 0.05) is 6.54 Å². The Morgan fingerprint density at radius 2 is 1.93 bits per heavy atom. The van der Waals surface area contributed by atoms with Gasteiger partial charge in [-0.25, -0.2) is 8.78 Å². The molecule has 1 fully saturated rings. The van der Waals surface area contributed by atoms with Gasteiger partial charge in [-0.2, -0.15) is 0 Å². The number of nitrogens with one attached hydrogen (secondary N) is 1. The quantitative estimate of drug-likeness (QED) is 0.350. The fourth-order valence-corrected chi connectivity index (χ4v) is 4.62. The van der Waals surface area contributed by atoms with Crippen LogP contribution in [0.25, 0.3) is 0 Å². The van der Waals surface area contributed by atoms with Gasteiger partial charge in [0.2, 0.25) is 0 Å². The zero-order valence-electron chi connectivity index (χ0n) is 19.3. The Balaban J connectivity index is 0.00000352. The lowest BCUT2D eigenvalue weighted by molar-refractivity contribution is -0.0144. The van der Waals surface area contributed by atoms with Crippen molar-refractivity contribution in [1.29, 1.82) is 0 Å². The summed E-state index contributed by atoms with van der Waals surface area (Å²) in [5.41, 5.74) is 0. The molecule has 168 valence electrons. The maximum Gasteiger partial charge on any atom is 0.113 e. The standard InChI is InChI=1S/C22H41F2NO.C2H6/c1-5-8-17(3)21-13-16(2)14-22(26)20(21)11-7-12-25-15-19(24)10-6-9-18(4)23;1-2/h9,16-17,19-22,25-26H,5-8,10-15H2,1-4H3;1-2H3/b18-9+;. The molecule has 0 amide bonds. The molecule has 28 heavy (non-hydrogen) atoms. The molecule has 1 saturated carbocycles. The van der Waals surface area contributed by atoms with Crippen LogP contribution >= 0.6 is 0 Å². The fourth-order valence-electron chi connectivity index (χ4n) is 4.62. The summed E-state index contributed by atoms with van der Waals surface area (Å²) in [7, 11) is 0. The summed E-state index contributed by atoms with van der Waals surface area (Å²) in [6.45, 7) is 13.3. The van der Waals surface area contributed by atoms with E-state index in [-0.39, 0.29) is 11.9 Å². The van der Waals surface area contributed by atoms with Crippen LogP contribution in [0.2, 0.25) is 0 Å². The zero-order chi connectivity index (χ0) is 21.5. The molecule has 0 radical (unpaired) electrons. The third kappa shape index (κ3) is 11.5. The van der Waals surface area contributed by atoms with Crippen LogP contribution in [0, 0.1) is 23.7 Å².